The van der Waals surface area contributed by atoms with E-state index in [4.69, 9.17) is 5.73 Å². The van der Waals surface area contributed by atoms with Gasteiger partial charge in [-0.05, 0) is 29.8 Å². The number of rotatable bonds is 2. The van der Waals surface area contributed by atoms with Crippen LogP contribution >= 0.6 is 0 Å². The normalized spacial score (nSPS) is 16.0. The molecule has 0 radical (unpaired) electrons. The SMILES string of the molecule is N#CC1=C(N)N(c2ccccc2)c2cc(O)ccc2C1c1ccccc1F. The first-order chi connectivity index (χ1) is 13.1. The second kappa shape index (κ2) is 6.50. The molecule has 1 atom stereocenters. The zero-order chi connectivity index (χ0) is 19.0. The van der Waals surface area contributed by atoms with Gasteiger partial charge in [-0.2, -0.15) is 5.26 Å². The molecule has 0 saturated carbocycles. The Morgan fingerprint density at radius 2 is 1.67 bits per heavy atom. The number of para-hydroxylation sites is 1. The Morgan fingerprint density at radius 3 is 2.37 bits per heavy atom. The van der Waals surface area contributed by atoms with Crippen LogP contribution in [0.5, 0.6) is 5.75 Å². The summed E-state index contributed by atoms with van der Waals surface area (Å²) in [5, 5.41) is 19.9. The minimum absolute atomic E-state index is 0.0650. The van der Waals surface area contributed by atoms with Crippen molar-refractivity contribution in [2.24, 2.45) is 5.73 Å². The van der Waals surface area contributed by atoms with Gasteiger partial charge in [-0.1, -0.05) is 42.5 Å². The molecule has 4 nitrogen and oxygen atoms in total. The molecule has 0 spiro atoms. The first-order valence-electron chi connectivity index (χ1n) is 8.44. The molecular formula is C22H16FN3O. The molecule has 4 rings (SSSR count). The second-order valence-corrected chi connectivity index (χ2v) is 6.28. The summed E-state index contributed by atoms with van der Waals surface area (Å²) in [6.45, 7) is 0. The van der Waals surface area contributed by atoms with E-state index in [1.165, 1.54) is 12.1 Å². The highest BCUT2D eigenvalue weighted by Gasteiger charge is 2.35. The third-order valence-corrected chi connectivity index (χ3v) is 4.72. The molecule has 5 heteroatoms. The molecule has 0 bridgehead atoms. The molecule has 1 aliphatic heterocycles. The largest absolute Gasteiger partial charge is 0.508 e. The van der Waals surface area contributed by atoms with E-state index in [9.17, 15) is 14.8 Å². The average Bonchev–Trinajstić information content (AvgIpc) is 2.68. The van der Waals surface area contributed by atoms with Gasteiger partial charge in [0, 0.05) is 17.3 Å². The number of hydrogen-bond donors (Lipinski definition) is 2. The van der Waals surface area contributed by atoms with Crippen LogP contribution in [0.1, 0.15) is 17.0 Å². The molecule has 0 aromatic heterocycles. The van der Waals surface area contributed by atoms with Gasteiger partial charge in [0.1, 0.15) is 17.4 Å². The second-order valence-electron chi connectivity index (χ2n) is 6.28. The summed E-state index contributed by atoms with van der Waals surface area (Å²) in [5.41, 5.74) is 9.09. The lowest BCUT2D eigenvalue weighted by Crippen LogP contribution is -2.31. The number of nitrogens with zero attached hydrogens (tertiary/aromatic N) is 2. The molecule has 1 unspecified atom stereocenters. The molecule has 132 valence electrons. The summed E-state index contributed by atoms with van der Waals surface area (Å²) in [6, 6.07) is 22.7. The maximum Gasteiger partial charge on any atom is 0.127 e. The van der Waals surface area contributed by atoms with E-state index >= 15 is 0 Å². The summed E-state index contributed by atoms with van der Waals surface area (Å²) in [4.78, 5) is 1.71. The Hall–Kier alpha value is -3.78. The molecule has 0 fully saturated rings. The van der Waals surface area contributed by atoms with Crippen molar-refractivity contribution in [2.45, 2.75) is 5.92 Å². The zero-order valence-electron chi connectivity index (χ0n) is 14.3. The fourth-order valence-corrected chi connectivity index (χ4v) is 3.53. The molecule has 1 heterocycles. The number of allylic oxidation sites excluding steroid dienone is 1. The van der Waals surface area contributed by atoms with Gasteiger partial charge >= 0.3 is 0 Å². The molecule has 0 saturated heterocycles. The lowest BCUT2D eigenvalue weighted by atomic mass is 9.81. The van der Waals surface area contributed by atoms with Crippen molar-refractivity contribution in [2.75, 3.05) is 4.90 Å². The minimum Gasteiger partial charge on any atom is -0.508 e. The summed E-state index contributed by atoms with van der Waals surface area (Å²) < 4.78 is 14.6. The molecule has 3 aromatic carbocycles. The molecule has 3 N–H and O–H groups in total. The maximum absolute atomic E-state index is 14.6. The van der Waals surface area contributed by atoms with E-state index < -0.39 is 11.7 Å². The number of aromatic hydroxyl groups is 1. The monoisotopic (exact) mass is 357 g/mol. The smallest absolute Gasteiger partial charge is 0.127 e. The lowest BCUT2D eigenvalue weighted by molar-refractivity contribution is 0.475. The van der Waals surface area contributed by atoms with E-state index in [1.807, 2.05) is 30.3 Å². The van der Waals surface area contributed by atoms with Crippen LogP contribution in [0.4, 0.5) is 15.8 Å². The van der Waals surface area contributed by atoms with Gasteiger partial charge in [-0.15, -0.1) is 0 Å². The van der Waals surface area contributed by atoms with Crippen molar-refractivity contribution in [3.8, 4) is 11.8 Å². The number of hydrogen-bond acceptors (Lipinski definition) is 4. The van der Waals surface area contributed by atoms with Crippen LogP contribution in [-0.4, -0.2) is 5.11 Å². The molecule has 1 aliphatic rings. The van der Waals surface area contributed by atoms with Crippen LogP contribution < -0.4 is 10.6 Å². The summed E-state index contributed by atoms with van der Waals surface area (Å²) >= 11 is 0. The molecule has 0 amide bonds. The highest BCUT2D eigenvalue weighted by molar-refractivity contribution is 5.78. The summed E-state index contributed by atoms with van der Waals surface area (Å²) in [7, 11) is 0. The van der Waals surface area contributed by atoms with Gasteiger partial charge in [0.25, 0.3) is 0 Å². The number of phenols is 1. The van der Waals surface area contributed by atoms with E-state index in [0.29, 0.717) is 16.8 Å². The molecular weight excluding hydrogens is 341 g/mol. The Labute approximate surface area is 156 Å². The number of halogens is 1. The Morgan fingerprint density at radius 1 is 0.963 bits per heavy atom. The van der Waals surface area contributed by atoms with Crippen molar-refractivity contribution in [3.63, 3.8) is 0 Å². The third-order valence-electron chi connectivity index (χ3n) is 4.72. The minimum atomic E-state index is -0.647. The highest BCUT2D eigenvalue weighted by Crippen LogP contribution is 2.47. The Bertz CT molecular complexity index is 1090. The van der Waals surface area contributed by atoms with Crippen molar-refractivity contribution in [3.05, 3.63) is 101 Å². The predicted octanol–water partition coefficient (Wildman–Crippen LogP) is 4.51. The number of fused-ring (bicyclic) bond motifs is 1. The van der Waals surface area contributed by atoms with Gasteiger partial charge < -0.3 is 10.8 Å². The topological polar surface area (TPSA) is 73.3 Å². The van der Waals surface area contributed by atoms with Crippen molar-refractivity contribution in [1.29, 1.82) is 5.26 Å². The van der Waals surface area contributed by atoms with E-state index in [-0.39, 0.29) is 17.1 Å². The third kappa shape index (κ3) is 2.68. The average molecular weight is 357 g/mol. The Balaban J connectivity index is 2.03. The fourth-order valence-electron chi connectivity index (χ4n) is 3.53. The van der Waals surface area contributed by atoms with Crippen LogP contribution in [0, 0.1) is 17.1 Å². The quantitative estimate of drug-likeness (QED) is 0.708. The van der Waals surface area contributed by atoms with Crippen LogP contribution in [0.25, 0.3) is 0 Å². The van der Waals surface area contributed by atoms with Gasteiger partial charge in [-0.3, -0.25) is 4.90 Å². The number of anilines is 2. The van der Waals surface area contributed by atoms with Crippen LogP contribution in [-0.2, 0) is 0 Å². The van der Waals surface area contributed by atoms with Crippen LogP contribution in [0.15, 0.2) is 84.2 Å². The van der Waals surface area contributed by atoms with Gasteiger partial charge in [-0.25, -0.2) is 4.39 Å². The number of phenolic OH excluding ortho intramolecular Hbond substituents is 1. The van der Waals surface area contributed by atoms with E-state index in [2.05, 4.69) is 6.07 Å². The number of nitriles is 1. The van der Waals surface area contributed by atoms with E-state index in [1.54, 1.807) is 35.2 Å². The van der Waals surface area contributed by atoms with Crippen LogP contribution in [0.2, 0.25) is 0 Å². The van der Waals surface area contributed by atoms with E-state index in [0.717, 1.165) is 5.69 Å². The Kier molecular flexibility index (Phi) is 4.02. The maximum atomic E-state index is 14.6. The lowest BCUT2D eigenvalue weighted by Gasteiger charge is -2.36. The highest BCUT2D eigenvalue weighted by atomic mass is 19.1. The first-order valence-corrected chi connectivity index (χ1v) is 8.44. The summed E-state index contributed by atoms with van der Waals surface area (Å²) in [6.07, 6.45) is 0. The van der Waals surface area contributed by atoms with Gasteiger partial charge in [0.05, 0.1) is 23.2 Å². The molecule has 0 aliphatic carbocycles. The predicted molar refractivity (Wildman–Crippen MR) is 102 cm³/mol. The summed E-state index contributed by atoms with van der Waals surface area (Å²) in [5.74, 6) is -0.771. The molecule has 27 heavy (non-hydrogen) atoms. The van der Waals surface area contributed by atoms with Crippen LogP contribution in [0.3, 0.4) is 0 Å². The van der Waals surface area contributed by atoms with Gasteiger partial charge in [0.15, 0.2) is 0 Å². The number of benzene rings is 3. The van der Waals surface area contributed by atoms with Crippen molar-refractivity contribution >= 4 is 11.4 Å². The standard InChI is InChI=1S/C22H16FN3O/c23-19-9-5-4-8-16(19)21-17-11-10-15(27)12-20(17)26(22(25)18(21)13-24)14-6-2-1-3-7-14/h1-12,21,27H,25H2. The first kappa shape index (κ1) is 16.7. The molecule has 3 aromatic rings. The number of nitrogens with two attached hydrogens (primary N) is 1. The van der Waals surface area contributed by atoms with Gasteiger partial charge in [0.2, 0.25) is 0 Å². The fraction of sp³-hybridized carbons (Fsp3) is 0.0455. The zero-order valence-corrected chi connectivity index (χ0v) is 14.3. The van der Waals surface area contributed by atoms with Crippen molar-refractivity contribution in [1.82, 2.24) is 0 Å². The van der Waals surface area contributed by atoms with Crippen molar-refractivity contribution < 1.29 is 9.50 Å².